The molecule has 0 radical (unpaired) electrons. The molecule has 0 aromatic heterocycles. The van der Waals surface area contributed by atoms with Crippen LogP contribution in [0.4, 0.5) is 0 Å². The highest BCUT2D eigenvalue weighted by molar-refractivity contribution is 5.69. The number of hydroxylamine groups is 3. The second kappa shape index (κ2) is 75.1. The third-order valence-electron chi connectivity index (χ3n) is 5.52. The number of rotatable bonds is 22. The molecule has 292 valence electrons. The van der Waals surface area contributed by atoms with E-state index in [1.54, 1.807) is 7.05 Å². The van der Waals surface area contributed by atoms with Crippen LogP contribution in [-0.4, -0.2) is 93.3 Å². The van der Waals surface area contributed by atoms with E-state index in [-0.39, 0.29) is 5.97 Å². The van der Waals surface area contributed by atoms with Gasteiger partial charge in [0.2, 0.25) is 0 Å². The van der Waals surface area contributed by atoms with Gasteiger partial charge in [-0.1, -0.05) is 107 Å². The maximum atomic E-state index is 10.9. The SMILES string of the molecule is CCC/C=N/O.CCCCCCC(=O)OCCC.CCCCN.CCCCN(C)O.CCCCNC.CCCCNO.CCCNC. The zero-order chi connectivity index (χ0) is 37.7. The van der Waals surface area contributed by atoms with E-state index in [1.807, 2.05) is 27.9 Å². The van der Waals surface area contributed by atoms with Gasteiger partial charge in [0.1, 0.15) is 0 Å². The summed E-state index contributed by atoms with van der Waals surface area (Å²) in [6.07, 6.45) is 20.1. The van der Waals surface area contributed by atoms with E-state index in [1.165, 1.54) is 56.2 Å². The highest BCUT2D eigenvalue weighted by Crippen LogP contribution is 2.03. The molecule has 0 spiro atoms. The Morgan fingerprint density at radius 2 is 1.26 bits per heavy atom. The predicted molar refractivity (Wildman–Crippen MR) is 206 cm³/mol. The molecule has 0 aromatic rings. The summed E-state index contributed by atoms with van der Waals surface area (Å²) in [5.74, 6) is -0.0343. The maximum Gasteiger partial charge on any atom is 0.305 e. The van der Waals surface area contributed by atoms with Crippen LogP contribution in [0.25, 0.3) is 0 Å². The molecule has 0 bridgehead atoms. The van der Waals surface area contributed by atoms with Crippen LogP contribution in [0.2, 0.25) is 0 Å². The standard InChI is InChI=1S/C10H20O2.C5H13NO.C5H13N.C4H11NO.C4H9NO.2C4H11N/c1-3-5-6-7-8-10(11)12-9-4-2;1-3-4-5-6(2)7;1-3-4-5-6-2;2*1-2-3-4-5-6;1-3-4-5-2;1-2-3-4-5/h3-9H2,1-2H3;7H,3-5H2,1-2H3;6H,3-5H2,1-2H3;5-6H,2-4H2,1H3;4,6H,2-3H2,1H3;5H,3-4H2,1-2H3;2-5H2,1H3/b;;;;5-4+;;. The molecule has 0 atom stereocenters. The van der Waals surface area contributed by atoms with Crippen molar-refractivity contribution in [3.63, 3.8) is 0 Å². The molecule has 0 aliphatic carbocycles. The Morgan fingerprint density at radius 1 is 0.723 bits per heavy atom. The Labute approximate surface area is 294 Å². The van der Waals surface area contributed by atoms with Gasteiger partial charge >= 0.3 is 5.97 Å². The van der Waals surface area contributed by atoms with Gasteiger partial charge in [-0.2, -0.15) is 5.06 Å². The van der Waals surface area contributed by atoms with Gasteiger partial charge in [0.05, 0.1) is 6.61 Å². The summed E-state index contributed by atoms with van der Waals surface area (Å²) in [5.41, 5.74) is 7.21. The first kappa shape index (κ1) is 60.9. The van der Waals surface area contributed by atoms with E-state index < -0.39 is 0 Å². The summed E-state index contributed by atoms with van der Waals surface area (Å²) in [6, 6.07) is 0. The van der Waals surface area contributed by atoms with Crippen molar-refractivity contribution >= 4 is 12.2 Å². The lowest BCUT2D eigenvalue weighted by Gasteiger charge is -2.03. The van der Waals surface area contributed by atoms with Gasteiger partial charge in [0, 0.05) is 32.8 Å². The van der Waals surface area contributed by atoms with E-state index in [4.69, 9.17) is 26.1 Å². The van der Waals surface area contributed by atoms with Crippen molar-refractivity contribution < 1.29 is 25.2 Å². The summed E-state index contributed by atoms with van der Waals surface area (Å²) < 4.78 is 4.93. The molecular formula is C36H88N6O5. The Balaban J connectivity index is -0.0000000816. The fourth-order valence-electron chi connectivity index (χ4n) is 2.62. The molecule has 8 N–H and O–H groups in total. The van der Waals surface area contributed by atoms with Crippen molar-refractivity contribution in [2.24, 2.45) is 10.9 Å². The molecule has 11 nitrogen and oxygen atoms in total. The van der Waals surface area contributed by atoms with E-state index in [0.29, 0.717) is 13.0 Å². The van der Waals surface area contributed by atoms with Gasteiger partial charge in [0.15, 0.2) is 0 Å². The second-order valence-electron chi connectivity index (χ2n) is 10.8. The average molecular weight is 685 g/mol. The lowest BCUT2D eigenvalue weighted by molar-refractivity contribution is -0.143. The van der Waals surface area contributed by atoms with Gasteiger partial charge in [-0.05, 0) is 85.1 Å². The van der Waals surface area contributed by atoms with Crippen LogP contribution in [0.5, 0.6) is 0 Å². The number of nitrogens with one attached hydrogen (secondary N) is 3. The highest BCUT2D eigenvalue weighted by atomic mass is 16.5. The molecule has 0 unspecified atom stereocenters. The zero-order valence-corrected chi connectivity index (χ0v) is 33.5. The monoisotopic (exact) mass is 685 g/mol. The summed E-state index contributed by atoms with van der Waals surface area (Å²) in [6.45, 7) is 22.1. The van der Waals surface area contributed by atoms with Crippen molar-refractivity contribution in [1.82, 2.24) is 21.2 Å². The van der Waals surface area contributed by atoms with Crippen molar-refractivity contribution in [3.8, 4) is 0 Å². The van der Waals surface area contributed by atoms with Gasteiger partial charge < -0.3 is 36.7 Å². The van der Waals surface area contributed by atoms with Gasteiger partial charge in [-0.25, -0.2) is 5.48 Å². The third-order valence-corrected chi connectivity index (χ3v) is 5.52. The maximum absolute atomic E-state index is 10.9. The number of hydrogen-bond acceptors (Lipinski definition) is 11. The number of unbranched alkanes of at least 4 members (excludes halogenated alkanes) is 8. The van der Waals surface area contributed by atoms with Crippen molar-refractivity contribution in [2.75, 3.05) is 60.5 Å². The van der Waals surface area contributed by atoms with Crippen molar-refractivity contribution in [1.29, 1.82) is 0 Å². The Kier molecular flexibility index (Phi) is 97.4. The number of nitrogens with zero attached hydrogens (tertiary/aromatic N) is 2. The Morgan fingerprint density at radius 3 is 1.49 bits per heavy atom. The normalized spacial score (nSPS) is 9.43. The number of oxime groups is 1. The van der Waals surface area contributed by atoms with E-state index >= 15 is 0 Å². The van der Waals surface area contributed by atoms with Crippen LogP contribution < -0.4 is 21.8 Å². The van der Waals surface area contributed by atoms with Gasteiger partial charge in [-0.3, -0.25) is 4.79 Å². The van der Waals surface area contributed by atoms with Crippen LogP contribution in [0, 0.1) is 0 Å². The fourth-order valence-corrected chi connectivity index (χ4v) is 2.62. The van der Waals surface area contributed by atoms with Gasteiger partial charge in [0.25, 0.3) is 0 Å². The number of ether oxygens (including phenoxy) is 1. The predicted octanol–water partition coefficient (Wildman–Crippen LogP) is 8.40. The lowest BCUT2D eigenvalue weighted by Crippen LogP contribution is -2.13. The first-order valence-electron chi connectivity index (χ1n) is 18.7. The van der Waals surface area contributed by atoms with Crippen molar-refractivity contribution in [3.05, 3.63) is 0 Å². The first-order valence-corrected chi connectivity index (χ1v) is 18.7. The summed E-state index contributed by atoms with van der Waals surface area (Å²) in [4.78, 5) is 10.9. The minimum atomic E-state index is -0.0343. The lowest BCUT2D eigenvalue weighted by atomic mass is 10.2. The van der Waals surface area contributed by atoms with E-state index in [0.717, 1.165) is 90.5 Å². The number of nitrogens with two attached hydrogens (primary N) is 1. The topological polar surface area (TPSA) is 165 Å². The molecule has 0 amide bonds. The summed E-state index contributed by atoms with van der Waals surface area (Å²) >= 11 is 0. The summed E-state index contributed by atoms with van der Waals surface area (Å²) in [5, 5.41) is 34.3. The quantitative estimate of drug-likeness (QED) is 0.0194. The number of hydrogen-bond donors (Lipinski definition) is 7. The molecule has 0 aliphatic heterocycles. The Hall–Kier alpha value is -1.34. The van der Waals surface area contributed by atoms with Crippen LogP contribution in [0.15, 0.2) is 5.16 Å². The zero-order valence-electron chi connectivity index (χ0n) is 33.5. The molecule has 47 heavy (non-hydrogen) atoms. The number of carbonyl (C=O) groups is 1. The van der Waals surface area contributed by atoms with E-state index in [9.17, 15) is 4.79 Å². The molecule has 11 heteroatoms. The van der Waals surface area contributed by atoms with Crippen LogP contribution >= 0.6 is 0 Å². The largest absolute Gasteiger partial charge is 0.466 e. The highest BCUT2D eigenvalue weighted by Gasteiger charge is 2.00. The second-order valence-corrected chi connectivity index (χ2v) is 10.8. The molecule has 0 heterocycles. The molecular weight excluding hydrogens is 596 g/mol. The van der Waals surface area contributed by atoms with Crippen molar-refractivity contribution in [2.45, 2.75) is 165 Å². The first-order chi connectivity index (χ1) is 22.6. The molecule has 0 rings (SSSR count). The fraction of sp³-hybridized carbons (Fsp3) is 0.944. The third kappa shape index (κ3) is 123. The number of esters is 1. The van der Waals surface area contributed by atoms with Gasteiger partial charge in [-0.15, -0.1) is 5.16 Å². The Bertz CT molecular complexity index is 451. The summed E-state index contributed by atoms with van der Waals surface area (Å²) in [7, 11) is 5.61. The smallest absolute Gasteiger partial charge is 0.305 e. The average Bonchev–Trinajstić information content (AvgIpc) is 3.08. The molecule has 0 aromatic carbocycles. The minimum absolute atomic E-state index is 0.0343. The molecule has 0 aliphatic rings. The van der Waals surface area contributed by atoms with E-state index in [2.05, 4.69) is 62.8 Å². The molecule has 0 fully saturated rings. The molecule has 0 saturated heterocycles. The van der Waals surface area contributed by atoms with Crippen LogP contribution in [0.3, 0.4) is 0 Å². The van der Waals surface area contributed by atoms with Crippen LogP contribution in [-0.2, 0) is 9.53 Å². The number of carbonyl (C=O) groups excluding carboxylic acids is 1. The van der Waals surface area contributed by atoms with Crippen LogP contribution in [0.1, 0.15) is 165 Å². The minimum Gasteiger partial charge on any atom is -0.466 e. The molecule has 0 saturated carbocycles.